The van der Waals surface area contributed by atoms with Crippen molar-refractivity contribution in [2.75, 3.05) is 5.32 Å². The minimum atomic E-state index is -0.641. The van der Waals surface area contributed by atoms with Crippen molar-refractivity contribution in [3.05, 3.63) is 63.2 Å². The fourth-order valence-electron chi connectivity index (χ4n) is 1.59. The minimum Gasteiger partial charge on any atom is -0.507 e. The number of aromatic hydroxyl groups is 1. The number of carbonyl (C=O) groups is 1. The molecule has 20 heavy (non-hydrogen) atoms. The fourth-order valence-corrected chi connectivity index (χ4v) is 1.78. The van der Waals surface area contributed by atoms with Crippen LogP contribution in [0.15, 0.2) is 42.5 Å². The Labute approximate surface area is 118 Å². The van der Waals surface area contributed by atoms with Crippen LogP contribution in [-0.2, 0) is 0 Å². The van der Waals surface area contributed by atoms with Crippen LogP contribution < -0.4 is 5.32 Å². The third-order valence-electron chi connectivity index (χ3n) is 2.55. The van der Waals surface area contributed by atoms with Crippen LogP contribution in [0.1, 0.15) is 10.4 Å². The summed E-state index contributed by atoms with van der Waals surface area (Å²) in [5.41, 5.74) is -0.0128. The van der Waals surface area contributed by atoms with E-state index in [0.717, 1.165) is 6.07 Å². The lowest BCUT2D eigenvalue weighted by atomic mass is 10.2. The van der Waals surface area contributed by atoms with E-state index in [1.165, 1.54) is 24.3 Å². The van der Waals surface area contributed by atoms with Crippen LogP contribution in [0, 0.1) is 10.1 Å². The van der Waals surface area contributed by atoms with Crippen LogP contribution in [0.5, 0.6) is 5.75 Å². The Hall–Kier alpha value is -2.60. The quantitative estimate of drug-likeness (QED) is 0.671. The Morgan fingerprint density at radius 1 is 1.25 bits per heavy atom. The topological polar surface area (TPSA) is 92.5 Å². The highest BCUT2D eigenvalue weighted by atomic mass is 35.5. The Morgan fingerprint density at radius 3 is 2.60 bits per heavy atom. The smallest absolute Gasteiger partial charge is 0.289 e. The summed E-state index contributed by atoms with van der Waals surface area (Å²) in [5.74, 6) is -0.742. The number of anilines is 1. The maximum absolute atomic E-state index is 11.9. The normalized spacial score (nSPS) is 10.1. The molecule has 0 unspecified atom stereocenters. The molecule has 0 spiro atoms. The van der Waals surface area contributed by atoms with Gasteiger partial charge in [0, 0.05) is 11.8 Å². The lowest BCUT2D eigenvalue weighted by molar-refractivity contribution is -0.384. The predicted octanol–water partition coefficient (Wildman–Crippen LogP) is 3.21. The molecule has 1 amide bonds. The summed E-state index contributed by atoms with van der Waals surface area (Å²) in [6.07, 6.45) is 0. The van der Waals surface area contributed by atoms with Crippen LogP contribution in [0.2, 0.25) is 5.02 Å². The standard InChI is InChI=1S/C13H9ClN2O4/c14-10-6-5-8(7-11(10)16(19)20)15-13(18)9-3-1-2-4-12(9)17/h1-7,17H,(H,15,18). The number of nitro benzene ring substituents is 1. The molecule has 0 saturated heterocycles. The van der Waals surface area contributed by atoms with Crippen LogP contribution >= 0.6 is 11.6 Å². The highest BCUT2D eigenvalue weighted by Gasteiger charge is 2.15. The zero-order chi connectivity index (χ0) is 14.7. The molecule has 0 bridgehead atoms. The van der Waals surface area contributed by atoms with Crippen molar-refractivity contribution >= 4 is 28.9 Å². The van der Waals surface area contributed by atoms with Gasteiger partial charge in [-0.1, -0.05) is 23.7 Å². The Balaban J connectivity index is 2.27. The Bertz CT molecular complexity index is 688. The molecule has 0 aliphatic carbocycles. The van der Waals surface area contributed by atoms with E-state index in [1.54, 1.807) is 12.1 Å². The van der Waals surface area contributed by atoms with Gasteiger partial charge in [0.15, 0.2) is 0 Å². The second-order valence-electron chi connectivity index (χ2n) is 3.89. The molecular weight excluding hydrogens is 284 g/mol. The predicted molar refractivity (Wildman–Crippen MR) is 74.2 cm³/mol. The average Bonchev–Trinajstić information content (AvgIpc) is 2.41. The number of rotatable bonds is 3. The van der Waals surface area contributed by atoms with Crippen molar-refractivity contribution in [2.24, 2.45) is 0 Å². The van der Waals surface area contributed by atoms with Crippen LogP contribution in [-0.4, -0.2) is 15.9 Å². The molecule has 6 nitrogen and oxygen atoms in total. The molecular formula is C13H9ClN2O4. The molecule has 0 saturated carbocycles. The largest absolute Gasteiger partial charge is 0.507 e. The van der Waals surface area contributed by atoms with Crippen molar-refractivity contribution in [3.63, 3.8) is 0 Å². The molecule has 0 heterocycles. The maximum Gasteiger partial charge on any atom is 0.289 e. The van der Waals surface area contributed by atoms with Crippen molar-refractivity contribution in [3.8, 4) is 5.75 Å². The fraction of sp³-hybridized carbons (Fsp3) is 0. The van der Waals surface area contributed by atoms with Crippen molar-refractivity contribution < 1.29 is 14.8 Å². The molecule has 0 fully saturated rings. The maximum atomic E-state index is 11.9. The van der Waals surface area contributed by atoms with Crippen LogP contribution in [0.3, 0.4) is 0 Å². The van der Waals surface area contributed by atoms with Gasteiger partial charge < -0.3 is 10.4 Å². The minimum absolute atomic E-state index is 0.0180. The van der Waals surface area contributed by atoms with Crippen molar-refractivity contribution in [1.82, 2.24) is 0 Å². The Morgan fingerprint density at radius 2 is 1.95 bits per heavy atom. The molecule has 0 radical (unpaired) electrons. The first-order valence-corrected chi connectivity index (χ1v) is 5.90. The van der Waals surface area contributed by atoms with Gasteiger partial charge in [0.05, 0.1) is 10.5 Å². The van der Waals surface area contributed by atoms with Gasteiger partial charge in [-0.25, -0.2) is 0 Å². The number of hydrogen-bond donors (Lipinski definition) is 2. The summed E-state index contributed by atoms with van der Waals surface area (Å²) in [7, 11) is 0. The van der Waals surface area contributed by atoms with Gasteiger partial charge in [-0.3, -0.25) is 14.9 Å². The van der Waals surface area contributed by atoms with Gasteiger partial charge in [-0.15, -0.1) is 0 Å². The summed E-state index contributed by atoms with van der Waals surface area (Å²) >= 11 is 5.68. The highest BCUT2D eigenvalue weighted by Crippen LogP contribution is 2.28. The molecule has 0 aliphatic heterocycles. The zero-order valence-corrected chi connectivity index (χ0v) is 10.8. The lowest BCUT2D eigenvalue weighted by Gasteiger charge is -2.07. The molecule has 2 rings (SSSR count). The number of nitrogens with one attached hydrogen (secondary N) is 1. The SMILES string of the molecule is O=C(Nc1ccc(Cl)c([N+](=O)[O-])c1)c1ccccc1O. The summed E-state index contributed by atoms with van der Waals surface area (Å²) in [5, 5.41) is 22.7. The Kier molecular flexibility index (Phi) is 3.86. The first-order chi connectivity index (χ1) is 9.49. The number of para-hydroxylation sites is 1. The van der Waals surface area contributed by atoms with Gasteiger partial charge in [0.25, 0.3) is 11.6 Å². The summed E-state index contributed by atoms with van der Waals surface area (Å²) < 4.78 is 0. The van der Waals surface area contributed by atoms with E-state index in [2.05, 4.69) is 5.32 Å². The molecule has 0 aliphatic rings. The lowest BCUT2D eigenvalue weighted by Crippen LogP contribution is -2.12. The second kappa shape index (κ2) is 5.58. The molecule has 0 atom stereocenters. The molecule has 2 aromatic carbocycles. The number of benzene rings is 2. The molecule has 2 aromatic rings. The van der Waals surface area contributed by atoms with Crippen LogP contribution in [0.4, 0.5) is 11.4 Å². The van der Waals surface area contributed by atoms with E-state index < -0.39 is 10.8 Å². The molecule has 7 heteroatoms. The van der Waals surface area contributed by atoms with Gasteiger partial charge in [-0.05, 0) is 24.3 Å². The van der Waals surface area contributed by atoms with Gasteiger partial charge in [0.1, 0.15) is 10.8 Å². The van der Waals surface area contributed by atoms with E-state index in [1.807, 2.05) is 0 Å². The van der Waals surface area contributed by atoms with E-state index in [0.29, 0.717) is 0 Å². The summed E-state index contributed by atoms with van der Waals surface area (Å²) in [6.45, 7) is 0. The van der Waals surface area contributed by atoms with Crippen molar-refractivity contribution in [1.29, 1.82) is 0 Å². The first kappa shape index (κ1) is 13.8. The van der Waals surface area contributed by atoms with Gasteiger partial charge in [0.2, 0.25) is 0 Å². The number of nitrogens with zero attached hydrogens (tertiary/aromatic N) is 1. The van der Waals surface area contributed by atoms with E-state index in [4.69, 9.17) is 11.6 Å². The molecule has 2 N–H and O–H groups in total. The zero-order valence-electron chi connectivity index (χ0n) is 10.0. The number of hydrogen-bond acceptors (Lipinski definition) is 4. The number of phenols is 1. The second-order valence-corrected chi connectivity index (χ2v) is 4.30. The van der Waals surface area contributed by atoms with Gasteiger partial charge in [-0.2, -0.15) is 0 Å². The van der Waals surface area contributed by atoms with E-state index in [9.17, 15) is 20.0 Å². The third-order valence-corrected chi connectivity index (χ3v) is 2.87. The first-order valence-electron chi connectivity index (χ1n) is 5.52. The van der Waals surface area contributed by atoms with E-state index in [-0.39, 0.29) is 27.7 Å². The number of carbonyl (C=O) groups excluding carboxylic acids is 1. The highest BCUT2D eigenvalue weighted by molar-refractivity contribution is 6.32. The van der Waals surface area contributed by atoms with E-state index >= 15 is 0 Å². The van der Waals surface area contributed by atoms with Crippen molar-refractivity contribution in [2.45, 2.75) is 0 Å². The number of nitro groups is 1. The monoisotopic (exact) mass is 292 g/mol. The number of amides is 1. The number of phenolic OH excluding ortho intramolecular Hbond substituents is 1. The van der Waals surface area contributed by atoms with Gasteiger partial charge >= 0.3 is 0 Å². The summed E-state index contributed by atoms with van der Waals surface area (Å²) in [4.78, 5) is 22.0. The summed E-state index contributed by atoms with van der Waals surface area (Å²) in [6, 6.07) is 9.90. The molecule has 0 aromatic heterocycles. The number of halogens is 1. The molecule has 102 valence electrons. The van der Waals surface area contributed by atoms with Crippen LogP contribution in [0.25, 0.3) is 0 Å². The average molecular weight is 293 g/mol. The third kappa shape index (κ3) is 2.86.